The van der Waals surface area contributed by atoms with Crippen molar-refractivity contribution < 1.29 is 5.11 Å². The van der Waals surface area contributed by atoms with Crippen molar-refractivity contribution in [3.8, 4) is 6.07 Å². The molecule has 2 aliphatic carbocycles. The van der Waals surface area contributed by atoms with Gasteiger partial charge in [-0.1, -0.05) is 31.6 Å². The van der Waals surface area contributed by atoms with Crippen LogP contribution in [0.5, 0.6) is 0 Å². The summed E-state index contributed by atoms with van der Waals surface area (Å²) in [5.41, 5.74) is 2.83. The molecule has 0 radical (unpaired) electrons. The van der Waals surface area contributed by atoms with E-state index in [9.17, 15) is 5.11 Å². The SMILES string of the molecule is C/C(=C\C#N)[C@@H]1CC[C@H]2[C@H](Cc3ccc(I)cc3)[C@H](O)C[C@@H](C)[C@]2(C)C1. The number of hydrogen-bond acceptors (Lipinski definition) is 2. The highest BCUT2D eigenvalue weighted by Crippen LogP contribution is 2.58. The van der Waals surface area contributed by atoms with E-state index in [1.54, 1.807) is 6.08 Å². The van der Waals surface area contributed by atoms with Crippen LogP contribution in [0.15, 0.2) is 35.9 Å². The summed E-state index contributed by atoms with van der Waals surface area (Å²) in [6.45, 7) is 6.88. The second-order valence-corrected chi connectivity index (χ2v) is 10.1. The summed E-state index contributed by atoms with van der Waals surface area (Å²) < 4.78 is 1.26. The lowest BCUT2D eigenvalue weighted by Gasteiger charge is -2.56. The molecule has 2 saturated carbocycles. The quantitative estimate of drug-likeness (QED) is 0.459. The fraction of sp³-hybridized carbons (Fsp3) is 0.609. The molecule has 0 heterocycles. The first-order valence-corrected chi connectivity index (χ1v) is 10.9. The number of hydrogen-bond donors (Lipinski definition) is 1. The summed E-state index contributed by atoms with van der Waals surface area (Å²) in [5.74, 6) is 1.95. The Morgan fingerprint density at radius 2 is 2.04 bits per heavy atom. The Labute approximate surface area is 171 Å². The fourth-order valence-corrected chi connectivity index (χ4v) is 5.98. The van der Waals surface area contributed by atoms with E-state index in [1.807, 2.05) is 0 Å². The largest absolute Gasteiger partial charge is 0.393 e. The summed E-state index contributed by atoms with van der Waals surface area (Å²) in [7, 11) is 0. The summed E-state index contributed by atoms with van der Waals surface area (Å²) in [6.07, 6.45) is 6.87. The number of aliphatic hydroxyl groups is 1. The van der Waals surface area contributed by atoms with Crippen LogP contribution >= 0.6 is 22.6 Å². The summed E-state index contributed by atoms with van der Waals surface area (Å²) in [6, 6.07) is 11.0. The van der Waals surface area contributed by atoms with Gasteiger partial charge in [0, 0.05) is 9.65 Å². The average Bonchev–Trinajstić information content (AvgIpc) is 2.60. The molecular weight excluding hydrogens is 433 g/mol. The van der Waals surface area contributed by atoms with Gasteiger partial charge < -0.3 is 5.11 Å². The van der Waals surface area contributed by atoms with Crippen LogP contribution in [0.1, 0.15) is 52.0 Å². The van der Waals surface area contributed by atoms with Crippen molar-refractivity contribution in [2.75, 3.05) is 0 Å². The summed E-state index contributed by atoms with van der Waals surface area (Å²) >= 11 is 2.34. The van der Waals surface area contributed by atoms with Crippen LogP contribution in [-0.2, 0) is 6.42 Å². The molecule has 140 valence electrons. The molecule has 0 unspecified atom stereocenters. The number of fused-ring (bicyclic) bond motifs is 1. The zero-order valence-corrected chi connectivity index (χ0v) is 18.2. The molecular formula is C23H30INO. The highest BCUT2D eigenvalue weighted by Gasteiger charge is 2.52. The molecule has 1 N–H and O–H groups in total. The van der Waals surface area contributed by atoms with Crippen LogP contribution < -0.4 is 0 Å². The van der Waals surface area contributed by atoms with E-state index in [1.165, 1.54) is 14.7 Å². The van der Waals surface area contributed by atoms with E-state index >= 15 is 0 Å². The van der Waals surface area contributed by atoms with Crippen molar-refractivity contribution in [2.24, 2.45) is 29.1 Å². The maximum Gasteiger partial charge on any atom is 0.0911 e. The number of benzene rings is 1. The standard InChI is InChI=1S/C23H30INO/c1-15(10-11-25)18-6-9-21-20(13-17-4-7-19(24)8-5-17)22(26)12-16(2)23(21,3)14-18/h4-5,7-8,10,16,18,20-22,26H,6,9,12-14H2,1-3H3/b15-10+/t16-,18-,20+,21+,22-,23+/m1/s1. The Hall–Kier alpha value is -0.860. The third kappa shape index (κ3) is 3.87. The Bertz CT molecular complexity index is 704. The van der Waals surface area contributed by atoms with Gasteiger partial charge >= 0.3 is 0 Å². The van der Waals surface area contributed by atoms with Gasteiger partial charge in [-0.05, 0) is 108 Å². The van der Waals surface area contributed by atoms with E-state index in [0.717, 1.165) is 32.1 Å². The molecule has 0 bridgehead atoms. The molecule has 2 nitrogen and oxygen atoms in total. The molecule has 1 aromatic carbocycles. The lowest BCUT2D eigenvalue weighted by molar-refractivity contribution is -0.105. The van der Waals surface area contributed by atoms with Gasteiger partial charge in [0.2, 0.25) is 0 Å². The molecule has 0 spiro atoms. The first kappa shape index (κ1) is 19.9. The molecule has 26 heavy (non-hydrogen) atoms. The first-order valence-electron chi connectivity index (χ1n) is 9.84. The van der Waals surface area contributed by atoms with Crippen molar-refractivity contribution in [1.29, 1.82) is 5.26 Å². The Morgan fingerprint density at radius 1 is 1.35 bits per heavy atom. The zero-order valence-electron chi connectivity index (χ0n) is 16.1. The van der Waals surface area contributed by atoms with Gasteiger partial charge in [-0.15, -0.1) is 0 Å². The smallest absolute Gasteiger partial charge is 0.0911 e. The van der Waals surface area contributed by atoms with E-state index in [0.29, 0.717) is 23.7 Å². The molecule has 0 amide bonds. The Balaban J connectivity index is 1.84. The second-order valence-electron chi connectivity index (χ2n) is 8.81. The highest BCUT2D eigenvalue weighted by molar-refractivity contribution is 14.1. The van der Waals surface area contributed by atoms with Crippen LogP contribution in [0.25, 0.3) is 0 Å². The Kier molecular flexibility index (Phi) is 6.14. The molecule has 6 atom stereocenters. The fourth-order valence-electron chi connectivity index (χ4n) is 5.62. The average molecular weight is 463 g/mol. The van der Waals surface area contributed by atoms with Gasteiger partial charge in [0.15, 0.2) is 0 Å². The molecule has 0 saturated heterocycles. The van der Waals surface area contributed by atoms with Crippen LogP contribution in [0.4, 0.5) is 0 Å². The van der Waals surface area contributed by atoms with Crippen LogP contribution in [0.3, 0.4) is 0 Å². The maximum absolute atomic E-state index is 10.9. The van der Waals surface area contributed by atoms with Gasteiger partial charge in [-0.25, -0.2) is 0 Å². The van der Waals surface area contributed by atoms with Crippen LogP contribution in [0, 0.1) is 44.0 Å². The summed E-state index contributed by atoms with van der Waals surface area (Å²) in [5, 5.41) is 19.9. The molecule has 3 heteroatoms. The number of nitriles is 1. The minimum Gasteiger partial charge on any atom is -0.393 e. The third-order valence-corrected chi connectivity index (χ3v) is 8.13. The highest BCUT2D eigenvalue weighted by atomic mass is 127. The van der Waals surface area contributed by atoms with Crippen LogP contribution in [0.2, 0.25) is 0 Å². The van der Waals surface area contributed by atoms with Gasteiger partial charge in [-0.2, -0.15) is 5.26 Å². The second kappa shape index (κ2) is 8.02. The maximum atomic E-state index is 10.9. The van der Waals surface area contributed by atoms with Gasteiger partial charge in [-0.3, -0.25) is 0 Å². The van der Waals surface area contributed by atoms with E-state index in [4.69, 9.17) is 5.26 Å². The minimum absolute atomic E-state index is 0.199. The molecule has 3 rings (SSSR count). The normalized spacial score (nSPS) is 37.7. The third-order valence-electron chi connectivity index (χ3n) is 7.41. The number of halogens is 1. The van der Waals surface area contributed by atoms with Crippen molar-refractivity contribution >= 4 is 22.6 Å². The molecule has 1 aromatic rings. The lowest BCUT2D eigenvalue weighted by Crippen LogP contribution is -2.52. The van der Waals surface area contributed by atoms with Gasteiger partial charge in [0.1, 0.15) is 0 Å². The van der Waals surface area contributed by atoms with E-state index < -0.39 is 0 Å². The Morgan fingerprint density at radius 3 is 2.69 bits per heavy atom. The van der Waals surface area contributed by atoms with Gasteiger partial charge in [0.05, 0.1) is 12.2 Å². The number of aliphatic hydroxyl groups excluding tert-OH is 1. The van der Waals surface area contributed by atoms with Crippen molar-refractivity contribution in [1.82, 2.24) is 0 Å². The van der Waals surface area contributed by atoms with E-state index in [-0.39, 0.29) is 11.5 Å². The molecule has 2 aliphatic rings. The predicted molar refractivity (Wildman–Crippen MR) is 114 cm³/mol. The summed E-state index contributed by atoms with van der Waals surface area (Å²) in [4.78, 5) is 0. The first-order chi connectivity index (χ1) is 12.3. The van der Waals surface area contributed by atoms with Crippen molar-refractivity contribution in [3.05, 3.63) is 45.0 Å². The number of nitrogens with zero attached hydrogens (tertiary/aromatic N) is 1. The topological polar surface area (TPSA) is 44.0 Å². The minimum atomic E-state index is -0.199. The number of rotatable bonds is 3. The zero-order chi connectivity index (χ0) is 18.9. The predicted octanol–water partition coefficient (Wildman–Crippen LogP) is 5.74. The van der Waals surface area contributed by atoms with E-state index in [2.05, 4.69) is 73.7 Å². The molecule has 2 fully saturated rings. The number of allylic oxidation sites excluding steroid dienone is 2. The lowest BCUT2D eigenvalue weighted by atomic mass is 9.49. The van der Waals surface area contributed by atoms with Crippen molar-refractivity contribution in [2.45, 2.75) is 59.0 Å². The molecule has 0 aromatic heterocycles. The monoisotopic (exact) mass is 463 g/mol. The van der Waals surface area contributed by atoms with Gasteiger partial charge in [0.25, 0.3) is 0 Å². The molecule has 0 aliphatic heterocycles. The van der Waals surface area contributed by atoms with Crippen molar-refractivity contribution in [3.63, 3.8) is 0 Å². The van der Waals surface area contributed by atoms with Crippen LogP contribution in [-0.4, -0.2) is 11.2 Å².